The summed E-state index contributed by atoms with van der Waals surface area (Å²) in [5.74, 6) is 1.11. The number of hydrogen-bond acceptors (Lipinski definition) is 6. The molecule has 0 aromatic carbocycles. The molecule has 5 rings (SSSR count). The van der Waals surface area contributed by atoms with Crippen LogP contribution >= 0.6 is 27.3 Å². The highest BCUT2D eigenvalue weighted by atomic mass is 79.9. The quantitative estimate of drug-likeness (QED) is 0.673. The molecule has 0 amide bonds. The first-order valence-corrected chi connectivity index (χ1v) is 9.74. The third-order valence-electron chi connectivity index (χ3n) is 5.02. The number of pyridine rings is 1. The molecule has 5 heterocycles. The van der Waals surface area contributed by atoms with Gasteiger partial charge in [-0.25, -0.2) is 9.97 Å². The highest BCUT2D eigenvalue weighted by Gasteiger charge is 2.44. The SMILES string of the molecule is Brc1ccc(CN2CC3CC2CN3c2ncnc3sccc23)nc1. The summed E-state index contributed by atoms with van der Waals surface area (Å²) < 4.78 is 1.03. The summed E-state index contributed by atoms with van der Waals surface area (Å²) in [5, 5.41) is 3.29. The van der Waals surface area contributed by atoms with E-state index < -0.39 is 0 Å². The molecule has 0 N–H and O–H groups in total. The predicted molar refractivity (Wildman–Crippen MR) is 99.3 cm³/mol. The molecule has 0 radical (unpaired) electrons. The molecule has 2 aliphatic heterocycles. The van der Waals surface area contributed by atoms with Gasteiger partial charge in [-0.15, -0.1) is 11.3 Å². The van der Waals surface area contributed by atoms with Crippen LogP contribution in [0.2, 0.25) is 0 Å². The number of hydrogen-bond donors (Lipinski definition) is 0. The van der Waals surface area contributed by atoms with Gasteiger partial charge in [0.1, 0.15) is 17.0 Å². The van der Waals surface area contributed by atoms with E-state index in [1.165, 1.54) is 11.8 Å². The molecule has 2 aliphatic rings. The number of nitrogens with zero attached hydrogens (tertiary/aromatic N) is 5. The number of aromatic nitrogens is 3. The molecule has 24 heavy (non-hydrogen) atoms. The van der Waals surface area contributed by atoms with Gasteiger partial charge in [0, 0.05) is 42.4 Å². The third-order valence-corrected chi connectivity index (χ3v) is 6.31. The zero-order chi connectivity index (χ0) is 16.1. The van der Waals surface area contributed by atoms with Crippen molar-refractivity contribution in [3.05, 3.63) is 46.3 Å². The van der Waals surface area contributed by atoms with Crippen molar-refractivity contribution in [2.45, 2.75) is 25.0 Å². The summed E-state index contributed by atoms with van der Waals surface area (Å²) >= 11 is 5.13. The second kappa shape index (κ2) is 5.75. The Morgan fingerprint density at radius 2 is 2.08 bits per heavy atom. The Labute approximate surface area is 152 Å². The highest BCUT2D eigenvalue weighted by Crippen LogP contribution is 2.37. The Balaban J connectivity index is 1.35. The average molecular weight is 402 g/mol. The summed E-state index contributed by atoms with van der Waals surface area (Å²) in [5.41, 5.74) is 1.14. The Morgan fingerprint density at radius 3 is 2.88 bits per heavy atom. The number of fused-ring (bicyclic) bond motifs is 3. The number of thiophene rings is 1. The standard InChI is InChI=1S/C17H16BrN5S/c18-11-1-2-12(19-6-11)7-22-8-14-5-13(22)9-23(14)16-15-3-4-24-17(15)21-10-20-16/h1-4,6,10,13-14H,5,7-9H2. The molecule has 7 heteroatoms. The maximum absolute atomic E-state index is 4.58. The fourth-order valence-electron chi connectivity index (χ4n) is 3.92. The van der Waals surface area contributed by atoms with Crippen LogP contribution < -0.4 is 4.90 Å². The minimum atomic E-state index is 0.545. The Hall–Kier alpha value is -1.57. The van der Waals surface area contributed by atoms with Crippen LogP contribution in [0.15, 0.2) is 40.6 Å². The number of likely N-dealkylation sites (tertiary alicyclic amines) is 1. The van der Waals surface area contributed by atoms with Crippen molar-refractivity contribution in [3.63, 3.8) is 0 Å². The van der Waals surface area contributed by atoms with Gasteiger partial charge in [-0.2, -0.15) is 0 Å². The lowest BCUT2D eigenvalue weighted by molar-refractivity contribution is 0.227. The van der Waals surface area contributed by atoms with E-state index in [-0.39, 0.29) is 0 Å². The van der Waals surface area contributed by atoms with Gasteiger partial charge in [0.15, 0.2) is 0 Å². The third kappa shape index (κ3) is 2.42. The van der Waals surface area contributed by atoms with Gasteiger partial charge in [0.05, 0.1) is 11.1 Å². The Kier molecular flexibility index (Phi) is 3.53. The molecule has 2 fully saturated rings. The van der Waals surface area contributed by atoms with E-state index in [2.05, 4.69) is 64.3 Å². The van der Waals surface area contributed by atoms with E-state index in [4.69, 9.17) is 0 Å². The van der Waals surface area contributed by atoms with Crippen LogP contribution in [0.4, 0.5) is 5.82 Å². The van der Waals surface area contributed by atoms with E-state index in [1.807, 2.05) is 6.20 Å². The normalized spacial score (nSPS) is 23.5. The Bertz CT molecular complexity index is 880. The van der Waals surface area contributed by atoms with Gasteiger partial charge < -0.3 is 4.90 Å². The summed E-state index contributed by atoms with van der Waals surface area (Å²) in [4.78, 5) is 19.6. The molecule has 2 atom stereocenters. The van der Waals surface area contributed by atoms with Crippen LogP contribution in [-0.4, -0.2) is 45.0 Å². The lowest BCUT2D eigenvalue weighted by atomic mass is 10.2. The fraction of sp³-hybridized carbons (Fsp3) is 0.353. The summed E-state index contributed by atoms with van der Waals surface area (Å²) in [6, 6.07) is 7.45. The molecule has 5 nitrogen and oxygen atoms in total. The smallest absolute Gasteiger partial charge is 0.141 e. The molecule has 3 aromatic heterocycles. The lowest BCUT2D eigenvalue weighted by Gasteiger charge is -2.34. The molecular formula is C17H16BrN5S. The molecule has 3 aromatic rings. The summed E-state index contributed by atoms with van der Waals surface area (Å²) in [6.07, 6.45) is 4.79. The molecule has 2 saturated heterocycles. The van der Waals surface area contributed by atoms with E-state index in [1.54, 1.807) is 17.7 Å². The summed E-state index contributed by atoms with van der Waals surface area (Å²) in [6.45, 7) is 3.06. The van der Waals surface area contributed by atoms with Gasteiger partial charge in [0.2, 0.25) is 0 Å². The second-order valence-electron chi connectivity index (χ2n) is 6.43. The van der Waals surface area contributed by atoms with Crippen LogP contribution in [0.3, 0.4) is 0 Å². The van der Waals surface area contributed by atoms with Crippen molar-refractivity contribution in [2.75, 3.05) is 18.0 Å². The topological polar surface area (TPSA) is 45.2 Å². The highest BCUT2D eigenvalue weighted by molar-refractivity contribution is 9.10. The van der Waals surface area contributed by atoms with Gasteiger partial charge in [-0.1, -0.05) is 0 Å². The van der Waals surface area contributed by atoms with E-state index >= 15 is 0 Å². The van der Waals surface area contributed by atoms with Gasteiger partial charge >= 0.3 is 0 Å². The minimum Gasteiger partial charge on any atom is -0.350 e. The van der Waals surface area contributed by atoms with Gasteiger partial charge in [0.25, 0.3) is 0 Å². The van der Waals surface area contributed by atoms with Crippen molar-refractivity contribution >= 4 is 43.3 Å². The van der Waals surface area contributed by atoms with E-state index in [9.17, 15) is 0 Å². The average Bonchev–Trinajstić information content (AvgIpc) is 3.31. The van der Waals surface area contributed by atoms with Crippen LogP contribution in [0.25, 0.3) is 10.2 Å². The molecule has 0 saturated carbocycles. The summed E-state index contributed by atoms with van der Waals surface area (Å²) in [7, 11) is 0. The monoisotopic (exact) mass is 401 g/mol. The van der Waals surface area contributed by atoms with E-state index in [0.717, 1.165) is 40.4 Å². The van der Waals surface area contributed by atoms with Crippen molar-refractivity contribution in [3.8, 4) is 0 Å². The van der Waals surface area contributed by atoms with Crippen molar-refractivity contribution < 1.29 is 0 Å². The molecule has 122 valence electrons. The van der Waals surface area contributed by atoms with Crippen molar-refractivity contribution in [1.82, 2.24) is 19.9 Å². The first kappa shape index (κ1) is 14.7. The van der Waals surface area contributed by atoms with Gasteiger partial charge in [-0.3, -0.25) is 9.88 Å². The molecule has 0 spiro atoms. The Morgan fingerprint density at radius 1 is 1.12 bits per heavy atom. The molecular weight excluding hydrogens is 386 g/mol. The first-order valence-electron chi connectivity index (χ1n) is 8.07. The zero-order valence-electron chi connectivity index (χ0n) is 13.0. The number of anilines is 1. The largest absolute Gasteiger partial charge is 0.350 e. The van der Waals surface area contributed by atoms with Crippen LogP contribution in [-0.2, 0) is 6.54 Å². The van der Waals surface area contributed by atoms with E-state index in [0.29, 0.717) is 12.1 Å². The van der Waals surface area contributed by atoms with Crippen LogP contribution in [0, 0.1) is 0 Å². The number of rotatable bonds is 3. The molecule has 2 bridgehead atoms. The number of piperazine rings is 1. The van der Waals surface area contributed by atoms with Gasteiger partial charge in [-0.05, 0) is 45.9 Å². The molecule has 2 unspecified atom stereocenters. The van der Waals surface area contributed by atoms with Crippen LogP contribution in [0.1, 0.15) is 12.1 Å². The van der Waals surface area contributed by atoms with Crippen molar-refractivity contribution in [1.29, 1.82) is 0 Å². The zero-order valence-corrected chi connectivity index (χ0v) is 15.4. The lowest BCUT2D eigenvalue weighted by Crippen LogP contribution is -2.46. The number of halogens is 1. The second-order valence-corrected chi connectivity index (χ2v) is 8.24. The maximum atomic E-state index is 4.58. The predicted octanol–water partition coefficient (Wildman–Crippen LogP) is 3.31. The first-order chi connectivity index (χ1) is 11.8. The molecule has 0 aliphatic carbocycles. The van der Waals surface area contributed by atoms with Crippen LogP contribution in [0.5, 0.6) is 0 Å². The fourth-order valence-corrected chi connectivity index (χ4v) is 4.88. The minimum absolute atomic E-state index is 0.545. The van der Waals surface area contributed by atoms with Crippen molar-refractivity contribution in [2.24, 2.45) is 0 Å². The maximum Gasteiger partial charge on any atom is 0.141 e.